The van der Waals surface area contributed by atoms with Crippen molar-refractivity contribution in [1.82, 2.24) is 24.8 Å². The van der Waals surface area contributed by atoms with Crippen LogP contribution in [0.5, 0.6) is 0 Å². The lowest BCUT2D eigenvalue weighted by molar-refractivity contribution is -0.132. The van der Waals surface area contributed by atoms with Crippen LogP contribution in [0.1, 0.15) is 43.6 Å². The van der Waals surface area contributed by atoms with Gasteiger partial charge in [-0.2, -0.15) is 0 Å². The number of amides is 1. The summed E-state index contributed by atoms with van der Waals surface area (Å²) in [7, 11) is 0. The van der Waals surface area contributed by atoms with Gasteiger partial charge in [-0.1, -0.05) is 6.92 Å². The number of aromatic nitrogens is 4. The number of rotatable bonds is 3. The van der Waals surface area contributed by atoms with Crippen LogP contribution in [0, 0.1) is 6.92 Å². The van der Waals surface area contributed by atoms with E-state index in [4.69, 9.17) is 0 Å². The average Bonchev–Trinajstić information content (AvgIpc) is 3.08. The van der Waals surface area contributed by atoms with Crippen molar-refractivity contribution in [2.45, 2.75) is 39.0 Å². The fourth-order valence-electron chi connectivity index (χ4n) is 3.00. The Balaban J connectivity index is 1.86. The molecule has 1 unspecified atom stereocenters. The Bertz CT molecular complexity index is 653. The first kappa shape index (κ1) is 14.7. The van der Waals surface area contributed by atoms with Gasteiger partial charge in [0.25, 0.3) is 0 Å². The van der Waals surface area contributed by atoms with Crippen molar-refractivity contribution in [3.8, 4) is 11.5 Å². The van der Waals surface area contributed by atoms with Crippen molar-refractivity contribution in [2.24, 2.45) is 0 Å². The molecule has 0 spiro atoms. The van der Waals surface area contributed by atoms with Crippen LogP contribution in [-0.4, -0.2) is 43.8 Å². The minimum atomic E-state index is 0.224. The lowest BCUT2D eigenvalue weighted by atomic mass is 9.93. The van der Waals surface area contributed by atoms with Crippen molar-refractivity contribution in [2.75, 3.05) is 13.1 Å². The van der Waals surface area contributed by atoms with Crippen LogP contribution in [0.4, 0.5) is 0 Å². The summed E-state index contributed by atoms with van der Waals surface area (Å²) in [5.41, 5.74) is 1.82. The number of piperidine rings is 1. The molecule has 3 rings (SSSR count). The normalized spacial score (nSPS) is 18.5. The lowest BCUT2D eigenvalue weighted by Gasteiger charge is -2.32. The van der Waals surface area contributed by atoms with E-state index in [2.05, 4.69) is 19.9 Å². The van der Waals surface area contributed by atoms with Gasteiger partial charge < -0.3 is 9.88 Å². The molecule has 1 fully saturated rings. The second kappa shape index (κ2) is 6.25. The molecule has 6 nitrogen and oxygen atoms in total. The third-order valence-electron chi connectivity index (χ3n) is 4.09. The molecular formula is C16H21N5O. The van der Waals surface area contributed by atoms with E-state index in [9.17, 15) is 4.79 Å². The summed E-state index contributed by atoms with van der Waals surface area (Å²) in [5, 5.41) is 0. The van der Waals surface area contributed by atoms with Gasteiger partial charge in [-0.25, -0.2) is 15.0 Å². The van der Waals surface area contributed by atoms with E-state index in [1.165, 1.54) is 0 Å². The monoisotopic (exact) mass is 299 g/mol. The van der Waals surface area contributed by atoms with Crippen LogP contribution in [0.25, 0.3) is 11.5 Å². The molecule has 0 saturated carbocycles. The Morgan fingerprint density at radius 2 is 2.32 bits per heavy atom. The lowest BCUT2D eigenvalue weighted by Crippen LogP contribution is -2.39. The quantitative estimate of drug-likeness (QED) is 0.943. The van der Waals surface area contributed by atoms with E-state index >= 15 is 0 Å². The molecule has 1 saturated heterocycles. The first-order chi connectivity index (χ1) is 10.7. The molecule has 0 radical (unpaired) electrons. The summed E-state index contributed by atoms with van der Waals surface area (Å²) in [5.74, 6) is 1.99. The largest absolute Gasteiger partial charge is 0.343 e. The molecule has 1 N–H and O–H groups in total. The van der Waals surface area contributed by atoms with Gasteiger partial charge in [0, 0.05) is 43.5 Å². The Labute approximate surface area is 130 Å². The zero-order valence-electron chi connectivity index (χ0n) is 13.0. The predicted molar refractivity (Wildman–Crippen MR) is 83.2 cm³/mol. The van der Waals surface area contributed by atoms with E-state index in [1.807, 2.05) is 24.8 Å². The number of aryl methyl sites for hydroxylation is 1. The van der Waals surface area contributed by atoms with E-state index in [-0.39, 0.29) is 11.8 Å². The molecule has 6 heteroatoms. The SMILES string of the molecule is CCC(=O)N1CCCC(c2cc(-c3ncc[nH]3)nc(C)n2)C1. The van der Waals surface area contributed by atoms with Crippen molar-refractivity contribution in [1.29, 1.82) is 0 Å². The first-order valence-corrected chi connectivity index (χ1v) is 7.80. The number of hydrogen-bond acceptors (Lipinski definition) is 4. The van der Waals surface area contributed by atoms with Gasteiger partial charge in [0.2, 0.25) is 5.91 Å². The number of H-pyrrole nitrogens is 1. The maximum absolute atomic E-state index is 11.9. The first-order valence-electron chi connectivity index (χ1n) is 7.80. The number of likely N-dealkylation sites (tertiary alicyclic amines) is 1. The highest BCUT2D eigenvalue weighted by atomic mass is 16.2. The maximum atomic E-state index is 11.9. The van der Waals surface area contributed by atoms with Gasteiger partial charge in [0.15, 0.2) is 5.82 Å². The summed E-state index contributed by atoms with van der Waals surface area (Å²) in [6.45, 7) is 5.42. The Kier molecular flexibility index (Phi) is 4.18. The van der Waals surface area contributed by atoms with Crippen LogP contribution in [0.2, 0.25) is 0 Å². The van der Waals surface area contributed by atoms with Crippen LogP contribution < -0.4 is 0 Å². The van der Waals surface area contributed by atoms with Crippen molar-refractivity contribution >= 4 is 5.91 Å². The van der Waals surface area contributed by atoms with E-state index < -0.39 is 0 Å². The van der Waals surface area contributed by atoms with Gasteiger partial charge in [0.1, 0.15) is 11.5 Å². The Hall–Kier alpha value is -2.24. The molecule has 1 atom stereocenters. The Morgan fingerprint density at radius 3 is 3.05 bits per heavy atom. The van der Waals surface area contributed by atoms with Crippen LogP contribution in [0.15, 0.2) is 18.5 Å². The minimum absolute atomic E-state index is 0.224. The number of imidazole rings is 1. The molecule has 0 aliphatic carbocycles. The highest BCUT2D eigenvalue weighted by Gasteiger charge is 2.25. The molecule has 1 aliphatic heterocycles. The molecule has 1 amide bonds. The van der Waals surface area contributed by atoms with Gasteiger partial charge in [-0.05, 0) is 25.8 Å². The third kappa shape index (κ3) is 3.00. The standard InChI is InChI=1S/C16H21N5O/c1-3-15(22)21-8-4-5-12(10-21)13-9-14(20-11(2)19-13)16-17-6-7-18-16/h6-7,9,12H,3-5,8,10H2,1-2H3,(H,17,18). The fourth-order valence-corrected chi connectivity index (χ4v) is 3.00. The maximum Gasteiger partial charge on any atom is 0.222 e. The number of carbonyl (C=O) groups is 1. The number of hydrogen-bond donors (Lipinski definition) is 1. The summed E-state index contributed by atoms with van der Waals surface area (Å²) in [6.07, 6.45) is 6.15. The zero-order chi connectivity index (χ0) is 15.5. The molecule has 1 aliphatic rings. The zero-order valence-corrected chi connectivity index (χ0v) is 13.0. The fraction of sp³-hybridized carbons (Fsp3) is 0.500. The molecule has 2 aromatic heterocycles. The number of nitrogens with one attached hydrogen (secondary N) is 1. The second-order valence-electron chi connectivity index (χ2n) is 5.70. The smallest absolute Gasteiger partial charge is 0.222 e. The summed E-state index contributed by atoms with van der Waals surface area (Å²) in [6, 6.07) is 2.00. The molecule has 22 heavy (non-hydrogen) atoms. The summed E-state index contributed by atoms with van der Waals surface area (Å²) >= 11 is 0. The number of nitrogens with zero attached hydrogens (tertiary/aromatic N) is 4. The molecular weight excluding hydrogens is 278 g/mol. The van der Waals surface area contributed by atoms with Crippen LogP contribution in [0.3, 0.4) is 0 Å². The highest BCUT2D eigenvalue weighted by Crippen LogP contribution is 2.27. The van der Waals surface area contributed by atoms with Crippen LogP contribution >= 0.6 is 0 Å². The van der Waals surface area contributed by atoms with Gasteiger partial charge >= 0.3 is 0 Å². The van der Waals surface area contributed by atoms with Crippen molar-refractivity contribution in [3.63, 3.8) is 0 Å². The minimum Gasteiger partial charge on any atom is -0.343 e. The van der Waals surface area contributed by atoms with Crippen LogP contribution in [-0.2, 0) is 4.79 Å². The number of carbonyl (C=O) groups excluding carboxylic acids is 1. The van der Waals surface area contributed by atoms with Gasteiger partial charge in [0.05, 0.1) is 0 Å². The molecule has 0 aromatic carbocycles. The van der Waals surface area contributed by atoms with E-state index in [0.717, 1.165) is 49.0 Å². The highest BCUT2D eigenvalue weighted by molar-refractivity contribution is 5.76. The van der Waals surface area contributed by atoms with E-state index in [1.54, 1.807) is 12.4 Å². The topological polar surface area (TPSA) is 74.8 Å². The van der Waals surface area contributed by atoms with Crippen molar-refractivity contribution in [3.05, 3.63) is 30.0 Å². The second-order valence-corrected chi connectivity index (χ2v) is 5.70. The predicted octanol–water partition coefficient (Wildman–Crippen LogP) is 2.29. The third-order valence-corrected chi connectivity index (χ3v) is 4.09. The number of aromatic amines is 1. The molecule has 0 bridgehead atoms. The summed E-state index contributed by atoms with van der Waals surface area (Å²) < 4.78 is 0. The average molecular weight is 299 g/mol. The van der Waals surface area contributed by atoms with E-state index in [0.29, 0.717) is 6.42 Å². The van der Waals surface area contributed by atoms with Gasteiger partial charge in [-0.15, -0.1) is 0 Å². The Morgan fingerprint density at radius 1 is 1.45 bits per heavy atom. The van der Waals surface area contributed by atoms with Crippen molar-refractivity contribution < 1.29 is 4.79 Å². The van der Waals surface area contributed by atoms with Gasteiger partial charge in [-0.3, -0.25) is 4.79 Å². The molecule has 2 aromatic rings. The molecule has 116 valence electrons. The summed E-state index contributed by atoms with van der Waals surface area (Å²) in [4.78, 5) is 30.3. The molecule has 3 heterocycles.